The van der Waals surface area contributed by atoms with Crippen LogP contribution in [0.4, 0.5) is 0 Å². The SMILES string of the molecule is CCNC(C)CCCc1csc2ccccc12. The minimum absolute atomic E-state index is 0.643. The standard InChI is InChI=1S/C15H21NS/c1-3-16-12(2)7-6-8-13-11-17-15-10-5-4-9-14(13)15/h4-5,9-12,16H,3,6-8H2,1-2H3. The Morgan fingerprint density at radius 3 is 2.94 bits per heavy atom. The first-order valence-corrected chi connectivity index (χ1v) is 7.37. The molecule has 2 heteroatoms. The number of nitrogens with one attached hydrogen (secondary N) is 1. The number of thiophene rings is 1. The first kappa shape index (κ1) is 12.6. The van der Waals surface area contributed by atoms with E-state index in [1.54, 1.807) is 0 Å². The van der Waals surface area contributed by atoms with E-state index in [-0.39, 0.29) is 0 Å². The molecule has 0 radical (unpaired) electrons. The Morgan fingerprint density at radius 1 is 1.29 bits per heavy atom. The number of benzene rings is 1. The molecule has 0 spiro atoms. The van der Waals surface area contributed by atoms with Crippen LogP contribution in [0.5, 0.6) is 0 Å². The summed E-state index contributed by atoms with van der Waals surface area (Å²) in [6, 6.07) is 9.36. The third-order valence-corrected chi connectivity index (χ3v) is 4.21. The highest BCUT2D eigenvalue weighted by Gasteiger charge is 2.04. The Morgan fingerprint density at radius 2 is 2.12 bits per heavy atom. The molecule has 2 aromatic rings. The van der Waals surface area contributed by atoms with Crippen molar-refractivity contribution in [3.63, 3.8) is 0 Å². The fourth-order valence-corrected chi connectivity index (χ4v) is 3.27. The van der Waals surface area contributed by atoms with E-state index in [4.69, 9.17) is 0 Å². The van der Waals surface area contributed by atoms with Crippen molar-refractivity contribution >= 4 is 21.4 Å². The van der Waals surface area contributed by atoms with Gasteiger partial charge in [-0.25, -0.2) is 0 Å². The van der Waals surface area contributed by atoms with Gasteiger partial charge in [0.2, 0.25) is 0 Å². The van der Waals surface area contributed by atoms with Crippen molar-refractivity contribution in [3.05, 3.63) is 35.2 Å². The molecule has 2 rings (SSSR count). The molecule has 17 heavy (non-hydrogen) atoms. The average molecular weight is 247 g/mol. The largest absolute Gasteiger partial charge is 0.315 e. The van der Waals surface area contributed by atoms with E-state index in [0.717, 1.165) is 6.54 Å². The molecule has 1 atom stereocenters. The van der Waals surface area contributed by atoms with Crippen molar-refractivity contribution in [2.24, 2.45) is 0 Å². The molecule has 1 heterocycles. The summed E-state index contributed by atoms with van der Waals surface area (Å²) in [5, 5.41) is 7.24. The molecule has 0 bridgehead atoms. The van der Waals surface area contributed by atoms with Crippen LogP contribution in [-0.4, -0.2) is 12.6 Å². The zero-order valence-corrected chi connectivity index (χ0v) is 11.5. The lowest BCUT2D eigenvalue weighted by Crippen LogP contribution is -2.25. The van der Waals surface area contributed by atoms with Crippen LogP contribution in [0.3, 0.4) is 0 Å². The van der Waals surface area contributed by atoms with Gasteiger partial charge in [-0.3, -0.25) is 0 Å². The molecular weight excluding hydrogens is 226 g/mol. The Balaban J connectivity index is 1.91. The van der Waals surface area contributed by atoms with Crippen LogP contribution in [-0.2, 0) is 6.42 Å². The van der Waals surface area contributed by atoms with E-state index in [2.05, 4.69) is 48.8 Å². The molecule has 0 aliphatic heterocycles. The van der Waals surface area contributed by atoms with Gasteiger partial charge in [0.15, 0.2) is 0 Å². The van der Waals surface area contributed by atoms with Crippen LogP contribution in [0.25, 0.3) is 10.1 Å². The van der Waals surface area contributed by atoms with Crippen LogP contribution in [0.2, 0.25) is 0 Å². The normalized spacial score (nSPS) is 13.1. The summed E-state index contributed by atoms with van der Waals surface area (Å²) in [4.78, 5) is 0. The highest BCUT2D eigenvalue weighted by atomic mass is 32.1. The molecule has 1 aromatic carbocycles. The van der Waals surface area contributed by atoms with E-state index in [9.17, 15) is 0 Å². The summed E-state index contributed by atoms with van der Waals surface area (Å²) in [6.07, 6.45) is 3.74. The maximum Gasteiger partial charge on any atom is 0.0345 e. The molecule has 0 fully saturated rings. The maximum absolute atomic E-state index is 3.47. The Kier molecular flexibility index (Phi) is 4.57. The summed E-state index contributed by atoms with van der Waals surface area (Å²) < 4.78 is 1.42. The minimum Gasteiger partial charge on any atom is -0.315 e. The number of aryl methyl sites for hydroxylation is 1. The topological polar surface area (TPSA) is 12.0 Å². The van der Waals surface area contributed by atoms with Crippen molar-refractivity contribution < 1.29 is 0 Å². The minimum atomic E-state index is 0.643. The summed E-state index contributed by atoms with van der Waals surface area (Å²) in [7, 11) is 0. The van der Waals surface area contributed by atoms with E-state index < -0.39 is 0 Å². The van der Waals surface area contributed by atoms with Gasteiger partial charge in [-0.05, 0) is 55.1 Å². The number of hydrogen-bond acceptors (Lipinski definition) is 2. The fraction of sp³-hybridized carbons (Fsp3) is 0.467. The first-order chi connectivity index (χ1) is 8.31. The molecule has 92 valence electrons. The lowest BCUT2D eigenvalue weighted by atomic mass is 10.0. The van der Waals surface area contributed by atoms with Crippen LogP contribution in [0, 0.1) is 0 Å². The van der Waals surface area contributed by atoms with Gasteiger partial charge in [0.25, 0.3) is 0 Å². The Bertz CT molecular complexity index is 461. The number of fused-ring (bicyclic) bond motifs is 1. The second-order valence-electron chi connectivity index (χ2n) is 4.61. The molecule has 1 N–H and O–H groups in total. The van der Waals surface area contributed by atoms with Crippen molar-refractivity contribution in [1.82, 2.24) is 5.32 Å². The van der Waals surface area contributed by atoms with Gasteiger partial charge >= 0.3 is 0 Å². The summed E-state index contributed by atoms with van der Waals surface area (Å²) >= 11 is 1.87. The van der Waals surface area contributed by atoms with Gasteiger partial charge in [-0.2, -0.15) is 0 Å². The number of hydrogen-bond donors (Lipinski definition) is 1. The molecule has 1 nitrogen and oxygen atoms in total. The van der Waals surface area contributed by atoms with Crippen LogP contribution >= 0.6 is 11.3 Å². The summed E-state index contributed by atoms with van der Waals surface area (Å²) in [5.41, 5.74) is 1.52. The lowest BCUT2D eigenvalue weighted by Gasteiger charge is -2.11. The van der Waals surface area contributed by atoms with Gasteiger partial charge in [0.05, 0.1) is 0 Å². The average Bonchev–Trinajstić information content (AvgIpc) is 2.73. The van der Waals surface area contributed by atoms with Crippen LogP contribution < -0.4 is 5.32 Å². The van der Waals surface area contributed by atoms with Gasteiger partial charge < -0.3 is 5.32 Å². The highest BCUT2D eigenvalue weighted by molar-refractivity contribution is 7.17. The third-order valence-electron chi connectivity index (χ3n) is 3.20. The second-order valence-corrected chi connectivity index (χ2v) is 5.52. The molecule has 0 amide bonds. The van der Waals surface area contributed by atoms with Crippen molar-refractivity contribution in [2.45, 2.75) is 39.2 Å². The lowest BCUT2D eigenvalue weighted by molar-refractivity contribution is 0.513. The van der Waals surface area contributed by atoms with E-state index in [1.165, 1.54) is 34.9 Å². The first-order valence-electron chi connectivity index (χ1n) is 6.49. The van der Waals surface area contributed by atoms with Crippen LogP contribution in [0.1, 0.15) is 32.3 Å². The van der Waals surface area contributed by atoms with Crippen molar-refractivity contribution in [3.8, 4) is 0 Å². The van der Waals surface area contributed by atoms with Gasteiger partial charge in [0.1, 0.15) is 0 Å². The molecule has 0 saturated carbocycles. The maximum atomic E-state index is 3.47. The molecule has 0 aliphatic carbocycles. The predicted molar refractivity (Wildman–Crippen MR) is 77.9 cm³/mol. The molecule has 0 aliphatic rings. The zero-order valence-electron chi connectivity index (χ0n) is 10.7. The summed E-state index contributed by atoms with van der Waals surface area (Å²) in [5.74, 6) is 0. The third kappa shape index (κ3) is 3.30. The fourth-order valence-electron chi connectivity index (χ4n) is 2.28. The van der Waals surface area contributed by atoms with Crippen molar-refractivity contribution in [2.75, 3.05) is 6.54 Å². The molecule has 1 unspecified atom stereocenters. The van der Waals surface area contributed by atoms with E-state index in [0.29, 0.717) is 6.04 Å². The summed E-state index contributed by atoms with van der Waals surface area (Å²) in [6.45, 7) is 5.51. The smallest absolute Gasteiger partial charge is 0.0345 e. The molecular formula is C15H21NS. The monoisotopic (exact) mass is 247 g/mol. The van der Waals surface area contributed by atoms with Crippen molar-refractivity contribution in [1.29, 1.82) is 0 Å². The molecule has 0 saturated heterocycles. The predicted octanol–water partition coefficient (Wildman–Crippen LogP) is 4.22. The Hall–Kier alpha value is -0.860. The second kappa shape index (κ2) is 6.18. The molecule has 1 aromatic heterocycles. The van der Waals surface area contributed by atoms with E-state index in [1.807, 2.05) is 11.3 Å². The van der Waals surface area contributed by atoms with E-state index >= 15 is 0 Å². The number of rotatable bonds is 6. The van der Waals surface area contributed by atoms with Gasteiger partial charge in [0, 0.05) is 10.7 Å². The quantitative estimate of drug-likeness (QED) is 0.806. The van der Waals surface area contributed by atoms with Gasteiger partial charge in [-0.1, -0.05) is 25.1 Å². The Labute approximate surface area is 108 Å². The zero-order chi connectivity index (χ0) is 12.1. The highest BCUT2D eigenvalue weighted by Crippen LogP contribution is 2.26. The van der Waals surface area contributed by atoms with Gasteiger partial charge in [-0.15, -0.1) is 11.3 Å². The van der Waals surface area contributed by atoms with Crippen LogP contribution in [0.15, 0.2) is 29.6 Å².